The zero-order chi connectivity index (χ0) is 31.6. The van der Waals surface area contributed by atoms with Gasteiger partial charge in [0.2, 0.25) is 0 Å². The second-order valence-electron chi connectivity index (χ2n) is 16.0. The maximum absolute atomic E-state index is 2.59. The largest absolute Gasteiger partial charge is 0.311 e. The minimum atomic E-state index is -0.102. The van der Waals surface area contributed by atoms with Crippen molar-refractivity contribution in [2.45, 2.75) is 78.6 Å². The smallest absolute Gasteiger partial charge is 0.252 e. The molecule has 5 aromatic rings. The van der Waals surface area contributed by atoms with Gasteiger partial charge in [0.05, 0.1) is 5.69 Å². The molecule has 0 saturated carbocycles. The highest BCUT2D eigenvalue weighted by molar-refractivity contribution is 7.00. The molecule has 2 nitrogen and oxygen atoms in total. The predicted molar refractivity (Wildman–Crippen MR) is 195 cm³/mol. The van der Waals surface area contributed by atoms with Crippen LogP contribution in [0.1, 0.15) is 83.2 Å². The third-order valence-electron chi connectivity index (χ3n) is 10.6. The lowest BCUT2D eigenvalue weighted by atomic mass is 9.33. The number of nitrogens with zero attached hydrogens (tertiary/aromatic N) is 2. The van der Waals surface area contributed by atoms with Crippen LogP contribution in [-0.4, -0.2) is 6.71 Å². The topological polar surface area (TPSA) is 6.48 Å². The zero-order valence-corrected chi connectivity index (χ0v) is 28.2. The Morgan fingerprint density at radius 3 is 1.93 bits per heavy atom. The fourth-order valence-corrected chi connectivity index (χ4v) is 8.13. The average molecular weight is 587 g/mol. The van der Waals surface area contributed by atoms with Crippen LogP contribution in [-0.2, 0) is 16.2 Å². The van der Waals surface area contributed by atoms with Crippen LogP contribution in [0, 0.1) is 6.92 Å². The summed E-state index contributed by atoms with van der Waals surface area (Å²) in [5, 5.41) is 0. The average Bonchev–Trinajstić information content (AvgIpc) is 2.99. The summed E-state index contributed by atoms with van der Waals surface area (Å²) in [5.74, 6) is 0. The molecule has 0 aromatic heterocycles. The summed E-state index contributed by atoms with van der Waals surface area (Å²) in [6, 6.07) is 37.5. The van der Waals surface area contributed by atoms with E-state index >= 15 is 0 Å². The molecule has 3 heterocycles. The molecule has 8 rings (SSSR count). The first kappa shape index (κ1) is 28.3. The van der Waals surface area contributed by atoms with Crippen LogP contribution in [0.4, 0.5) is 34.1 Å². The molecule has 5 aromatic carbocycles. The predicted octanol–water partition coefficient (Wildman–Crippen LogP) is 9.31. The van der Waals surface area contributed by atoms with Gasteiger partial charge in [-0.2, -0.15) is 0 Å². The van der Waals surface area contributed by atoms with Crippen molar-refractivity contribution in [3.8, 4) is 0 Å². The number of aryl methyl sites for hydroxylation is 1. The minimum Gasteiger partial charge on any atom is -0.311 e. The monoisotopic (exact) mass is 586 g/mol. The Morgan fingerprint density at radius 1 is 0.556 bits per heavy atom. The Balaban J connectivity index is 1.50. The molecule has 224 valence electrons. The van der Waals surface area contributed by atoms with Crippen LogP contribution in [0.15, 0.2) is 97.1 Å². The Morgan fingerprint density at radius 2 is 1.20 bits per heavy atom. The Bertz CT molecular complexity index is 2040. The van der Waals surface area contributed by atoms with E-state index in [0.717, 1.165) is 0 Å². The van der Waals surface area contributed by atoms with Gasteiger partial charge in [-0.05, 0) is 98.4 Å². The van der Waals surface area contributed by atoms with Gasteiger partial charge in [-0.15, -0.1) is 0 Å². The summed E-state index contributed by atoms with van der Waals surface area (Å²) in [4.78, 5) is 5.16. The van der Waals surface area contributed by atoms with Gasteiger partial charge < -0.3 is 9.80 Å². The third kappa shape index (κ3) is 3.95. The molecule has 3 aliphatic heterocycles. The van der Waals surface area contributed by atoms with Crippen molar-refractivity contribution in [2.75, 3.05) is 9.80 Å². The summed E-state index contributed by atoms with van der Waals surface area (Å²) in [7, 11) is 0. The van der Waals surface area contributed by atoms with E-state index in [0.29, 0.717) is 0 Å². The summed E-state index contributed by atoms with van der Waals surface area (Å²) >= 11 is 0. The zero-order valence-electron chi connectivity index (χ0n) is 28.2. The van der Waals surface area contributed by atoms with Gasteiger partial charge in [-0.25, -0.2) is 0 Å². The summed E-state index contributed by atoms with van der Waals surface area (Å²) in [5.41, 5.74) is 18.7. The molecule has 45 heavy (non-hydrogen) atoms. The molecule has 0 unspecified atom stereocenters. The van der Waals surface area contributed by atoms with E-state index < -0.39 is 0 Å². The van der Waals surface area contributed by atoms with Gasteiger partial charge in [0.25, 0.3) is 6.71 Å². The van der Waals surface area contributed by atoms with Gasteiger partial charge in [-0.3, -0.25) is 0 Å². The van der Waals surface area contributed by atoms with Crippen LogP contribution in [0.25, 0.3) is 0 Å². The van der Waals surface area contributed by atoms with Crippen molar-refractivity contribution in [1.82, 2.24) is 0 Å². The highest BCUT2D eigenvalue weighted by Crippen LogP contribution is 2.54. The number of benzene rings is 5. The molecule has 0 N–H and O–H groups in total. The molecule has 0 saturated heterocycles. The molecule has 0 fully saturated rings. The molecule has 0 spiro atoms. The van der Waals surface area contributed by atoms with Crippen LogP contribution < -0.4 is 26.2 Å². The van der Waals surface area contributed by atoms with E-state index in [1.807, 2.05) is 0 Å². The summed E-state index contributed by atoms with van der Waals surface area (Å²) < 4.78 is 0. The number of hydrogen-bond donors (Lipinski definition) is 0. The first-order valence-electron chi connectivity index (χ1n) is 16.5. The van der Waals surface area contributed by atoms with Crippen LogP contribution >= 0.6 is 0 Å². The summed E-state index contributed by atoms with van der Waals surface area (Å²) in [6.07, 6.45) is 0. The quantitative estimate of drug-likeness (QED) is 0.177. The maximum atomic E-state index is 2.59. The van der Waals surface area contributed by atoms with Crippen molar-refractivity contribution in [3.63, 3.8) is 0 Å². The van der Waals surface area contributed by atoms with Crippen molar-refractivity contribution in [3.05, 3.63) is 125 Å². The van der Waals surface area contributed by atoms with Gasteiger partial charge in [0.1, 0.15) is 0 Å². The molecule has 3 aliphatic rings. The third-order valence-corrected chi connectivity index (χ3v) is 10.6. The highest BCUT2D eigenvalue weighted by Gasteiger charge is 2.48. The second-order valence-corrected chi connectivity index (χ2v) is 16.0. The van der Waals surface area contributed by atoms with Gasteiger partial charge in [-0.1, -0.05) is 116 Å². The minimum absolute atomic E-state index is 0.0367. The fourth-order valence-electron chi connectivity index (χ4n) is 8.13. The second kappa shape index (κ2) is 9.16. The lowest BCUT2D eigenvalue weighted by molar-refractivity contribution is 0.590. The first-order chi connectivity index (χ1) is 21.3. The van der Waals surface area contributed by atoms with Crippen molar-refractivity contribution in [2.24, 2.45) is 0 Å². The Kier molecular flexibility index (Phi) is 5.75. The molecular weight excluding hydrogens is 543 g/mol. The lowest BCUT2D eigenvalue weighted by Crippen LogP contribution is -2.62. The summed E-state index contributed by atoms with van der Waals surface area (Å²) in [6.45, 7) is 21.1. The van der Waals surface area contributed by atoms with Crippen molar-refractivity contribution >= 4 is 57.2 Å². The van der Waals surface area contributed by atoms with E-state index in [9.17, 15) is 0 Å². The Labute approximate surface area is 269 Å². The van der Waals surface area contributed by atoms with Crippen molar-refractivity contribution < 1.29 is 0 Å². The molecule has 0 aliphatic carbocycles. The number of anilines is 6. The van der Waals surface area contributed by atoms with E-state index in [-0.39, 0.29) is 23.0 Å². The van der Waals surface area contributed by atoms with Crippen LogP contribution in [0.3, 0.4) is 0 Å². The molecule has 0 radical (unpaired) electrons. The van der Waals surface area contributed by atoms with Gasteiger partial charge >= 0.3 is 0 Å². The first-order valence-corrected chi connectivity index (χ1v) is 16.5. The van der Waals surface area contributed by atoms with E-state index in [4.69, 9.17) is 0 Å². The maximum Gasteiger partial charge on any atom is 0.252 e. The van der Waals surface area contributed by atoms with Crippen LogP contribution in [0.5, 0.6) is 0 Å². The molecular formula is C42H43BN2. The normalized spacial score (nSPS) is 15.7. The van der Waals surface area contributed by atoms with E-state index in [1.54, 1.807) is 0 Å². The lowest BCUT2D eigenvalue weighted by Gasteiger charge is -2.49. The SMILES string of the molecule is Cc1cc2c3c(c1)N1c4ccccc4C(C)(C)c4cccc(c41)B3c1ccc(C(C)(C)C)cc1N2c1cccc(C(C)(C)C)c1. The fraction of sp³-hybridized carbons (Fsp3) is 0.286. The standard InChI is InChI=1S/C42H43BN2/c1-26-22-36-38-37(23-26)45-34-19-11-10-16-30(34)42(8,9)31-17-13-18-33(39(31)45)43(38)32-21-20-28(41(5,6)7)25-35(32)44(36)29-15-12-14-27(24-29)40(2,3)4/h10-25H,1-9H3. The number of para-hydroxylation sites is 2. The molecule has 0 atom stereocenters. The van der Waals surface area contributed by atoms with Gasteiger partial charge in [0, 0.05) is 33.9 Å². The number of fused-ring (bicyclic) bond motifs is 6. The van der Waals surface area contributed by atoms with Gasteiger partial charge in [0.15, 0.2) is 0 Å². The Hall–Kier alpha value is -4.24. The highest BCUT2D eigenvalue weighted by atomic mass is 15.2. The number of rotatable bonds is 1. The van der Waals surface area contributed by atoms with E-state index in [1.165, 1.54) is 78.3 Å². The molecule has 0 amide bonds. The van der Waals surface area contributed by atoms with Crippen LogP contribution in [0.2, 0.25) is 0 Å². The molecule has 3 heteroatoms. The molecule has 0 bridgehead atoms. The van der Waals surface area contributed by atoms with Crippen molar-refractivity contribution in [1.29, 1.82) is 0 Å². The number of hydrogen-bond acceptors (Lipinski definition) is 2. The van der Waals surface area contributed by atoms with E-state index in [2.05, 4.69) is 169 Å².